The summed E-state index contributed by atoms with van der Waals surface area (Å²) in [5.74, 6) is 0.101. The molecular formula is C13H13N3OS. The minimum absolute atomic E-state index is 0.101. The minimum atomic E-state index is 0.101. The van der Waals surface area contributed by atoms with Crippen molar-refractivity contribution in [3.8, 4) is 0 Å². The molecule has 0 bridgehead atoms. The van der Waals surface area contributed by atoms with E-state index in [1.54, 1.807) is 6.20 Å². The number of fused-ring (bicyclic) bond motifs is 1. The number of carbonyl (C=O) groups excluding carboxylic acids is 1. The Hall–Kier alpha value is -1.88. The zero-order valence-corrected chi connectivity index (χ0v) is 10.6. The molecule has 18 heavy (non-hydrogen) atoms. The molecule has 1 aliphatic rings. The molecule has 0 saturated heterocycles. The van der Waals surface area contributed by atoms with Crippen molar-refractivity contribution < 1.29 is 4.79 Å². The number of nitrogen functional groups attached to an aromatic ring is 1. The van der Waals surface area contributed by atoms with Gasteiger partial charge in [0.05, 0.1) is 6.54 Å². The van der Waals surface area contributed by atoms with E-state index >= 15 is 0 Å². The zero-order valence-electron chi connectivity index (χ0n) is 9.80. The number of anilines is 1. The first kappa shape index (κ1) is 11.2. The van der Waals surface area contributed by atoms with Crippen molar-refractivity contribution in [2.24, 2.45) is 0 Å². The third kappa shape index (κ3) is 1.97. The highest BCUT2D eigenvalue weighted by Crippen LogP contribution is 2.22. The van der Waals surface area contributed by atoms with E-state index in [1.165, 1.54) is 11.3 Å². The molecular weight excluding hydrogens is 246 g/mol. The maximum atomic E-state index is 12.3. The van der Waals surface area contributed by atoms with Gasteiger partial charge in [0.1, 0.15) is 0 Å². The first-order chi connectivity index (χ1) is 8.74. The molecule has 2 aromatic rings. The fourth-order valence-electron chi connectivity index (χ4n) is 2.21. The molecule has 5 heteroatoms. The summed E-state index contributed by atoms with van der Waals surface area (Å²) in [5, 5.41) is 0.551. The Balaban J connectivity index is 1.82. The number of nitrogens with zero attached hydrogens (tertiary/aromatic N) is 2. The highest BCUT2D eigenvalue weighted by molar-refractivity contribution is 7.15. The van der Waals surface area contributed by atoms with E-state index in [4.69, 9.17) is 5.73 Å². The van der Waals surface area contributed by atoms with Gasteiger partial charge in [0.2, 0.25) is 0 Å². The van der Waals surface area contributed by atoms with Crippen molar-refractivity contribution in [3.05, 3.63) is 46.5 Å². The Morgan fingerprint density at radius 3 is 3.00 bits per heavy atom. The maximum absolute atomic E-state index is 12.3. The van der Waals surface area contributed by atoms with Gasteiger partial charge in [-0.15, -0.1) is 11.3 Å². The molecule has 4 nitrogen and oxygen atoms in total. The van der Waals surface area contributed by atoms with Crippen LogP contribution in [0.5, 0.6) is 0 Å². The fourth-order valence-corrected chi connectivity index (χ4v) is 2.91. The van der Waals surface area contributed by atoms with Crippen molar-refractivity contribution >= 4 is 22.4 Å². The largest absolute Gasteiger partial charge is 0.375 e. The van der Waals surface area contributed by atoms with Gasteiger partial charge >= 0.3 is 0 Å². The summed E-state index contributed by atoms with van der Waals surface area (Å²) in [6.45, 7) is 1.36. The van der Waals surface area contributed by atoms with Gasteiger partial charge in [-0.2, -0.15) is 0 Å². The molecule has 0 saturated carbocycles. The number of carbonyl (C=O) groups is 1. The summed E-state index contributed by atoms with van der Waals surface area (Å²) >= 11 is 1.44. The lowest BCUT2D eigenvalue weighted by Gasteiger charge is -2.27. The lowest BCUT2D eigenvalue weighted by atomic mass is 9.99. The van der Waals surface area contributed by atoms with Gasteiger partial charge in [-0.25, -0.2) is 4.98 Å². The molecule has 0 aliphatic carbocycles. The summed E-state index contributed by atoms with van der Waals surface area (Å²) in [7, 11) is 0. The SMILES string of the molecule is Nc1ncc(CN2CCc3ccccc3C2=O)s1. The van der Waals surface area contributed by atoms with E-state index < -0.39 is 0 Å². The highest BCUT2D eigenvalue weighted by Gasteiger charge is 2.24. The topological polar surface area (TPSA) is 59.2 Å². The fraction of sp³-hybridized carbons (Fsp3) is 0.231. The number of thiazole rings is 1. The van der Waals surface area contributed by atoms with Crippen LogP contribution in [0.3, 0.4) is 0 Å². The summed E-state index contributed by atoms with van der Waals surface area (Å²) < 4.78 is 0. The molecule has 0 spiro atoms. The predicted molar refractivity (Wildman–Crippen MR) is 71.4 cm³/mol. The van der Waals surface area contributed by atoms with E-state index in [9.17, 15) is 4.79 Å². The van der Waals surface area contributed by atoms with Crippen molar-refractivity contribution in [3.63, 3.8) is 0 Å². The standard InChI is InChI=1S/C13H13N3OS/c14-13-15-7-10(18-13)8-16-6-5-9-3-1-2-4-11(9)12(16)17/h1-4,7H,5-6,8H2,(H2,14,15). The van der Waals surface area contributed by atoms with Crippen molar-refractivity contribution in [2.45, 2.75) is 13.0 Å². The molecule has 2 N–H and O–H groups in total. The van der Waals surface area contributed by atoms with Crippen LogP contribution in [-0.2, 0) is 13.0 Å². The van der Waals surface area contributed by atoms with E-state index in [-0.39, 0.29) is 5.91 Å². The molecule has 1 amide bonds. The Bertz CT molecular complexity index is 593. The molecule has 1 aromatic carbocycles. The predicted octanol–water partition coefficient (Wildman–Crippen LogP) is 1.92. The van der Waals surface area contributed by atoms with Crippen LogP contribution in [-0.4, -0.2) is 22.3 Å². The zero-order chi connectivity index (χ0) is 12.5. The molecule has 1 aliphatic heterocycles. The molecule has 92 valence electrons. The lowest BCUT2D eigenvalue weighted by molar-refractivity contribution is 0.0728. The van der Waals surface area contributed by atoms with Crippen molar-refractivity contribution in [2.75, 3.05) is 12.3 Å². The van der Waals surface area contributed by atoms with Gasteiger partial charge in [-0.1, -0.05) is 18.2 Å². The molecule has 0 atom stereocenters. The molecule has 0 radical (unpaired) electrons. The lowest BCUT2D eigenvalue weighted by Crippen LogP contribution is -2.36. The number of amides is 1. The molecule has 1 aromatic heterocycles. The highest BCUT2D eigenvalue weighted by atomic mass is 32.1. The van der Waals surface area contributed by atoms with E-state index in [0.717, 1.165) is 29.0 Å². The van der Waals surface area contributed by atoms with E-state index in [2.05, 4.69) is 4.98 Å². The van der Waals surface area contributed by atoms with E-state index in [0.29, 0.717) is 11.7 Å². The second kappa shape index (κ2) is 4.42. The number of rotatable bonds is 2. The van der Waals surface area contributed by atoms with Gasteiger partial charge in [0.15, 0.2) is 5.13 Å². The molecule has 0 fully saturated rings. The summed E-state index contributed by atoms with van der Waals surface area (Å²) in [6.07, 6.45) is 2.66. The summed E-state index contributed by atoms with van der Waals surface area (Å²) in [6, 6.07) is 7.80. The molecule has 2 heterocycles. The smallest absolute Gasteiger partial charge is 0.254 e. The normalized spacial score (nSPS) is 14.7. The number of hydrogen-bond acceptors (Lipinski definition) is 4. The Morgan fingerprint density at radius 1 is 1.39 bits per heavy atom. The van der Waals surface area contributed by atoms with Crippen LogP contribution in [0.15, 0.2) is 30.5 Å². The summed E-state index contributed by atoms with van der Waals surface area (Å²) in [4.78, 5) is 19.2. The second-order valence-electron chi connectivity index (χ2n) is 4.30. The van der Waals surface area contributed by atoms with Crippen LogP contribution < -0.4 is 5.73 Å². The number of benzene rings is 1. The van der Waals surface area contributed by atoms with E-state index in [1.807, 2.05) is 29.2 Å². The number of hydrogen-bond donors (Lipinski definition) is 1. The van der Waals surface area contributed by atoms with Gasteiger partial charge in [0.25, 0.3) is 5.91 Å². The molecule has 3 rings (SSSR count). The van der Waals surface area contributed by atoms with Crippen molar-refractivity contribution in [1.29, 1.82) is 0 Å². The first-order valence-corrected chi connectivity index (χ1v) is 6.63. The third-order valence-electron chi connectivity index (χ3n) is 3.10. The Morgan fingerprint density at radius 2 is 2.22 bits per heavy atom. The summed E-state index contributed by atoms with van der Waals surface area (Å²) in [5.41, 5.74) is 7.56. The number of nitrogens with two attached hydrogens (primary N) is 1. The second-order valence-corrected chi connectivity index (χ2v) is 5.45. The van der Waals surface area contributed by atoms with Gasteiger partial charge in [-0.3, -0.25) is 4.79 Å². The van der Waals surface area contributed by atoms with Crippen LogP contribution >= 0.6 is 11.3 Å². The quantitative estimate of drug-likeness (QED) is 0.896. The minimum Gasteiger partial charge on any atom is -0.375 e. The van der Waals surface area contributed by atoms with Crippen LogP contribution in [0, 0.1) is 0 Å². The number of aromatic nitrogens is 1. The Labute approximate surface area is 109 Å². The first-order valence-electron chi connectivity index (χ1n) is 5.81. The Kier molecular flexibility index (Phi) is 2.76. The average molecular weight is 259 g/mol. The van der Waals surface area contributed by atoms with Gasteiger partial charge in [0, 0.05) is 23.2 Å². The van der Waals surface area contributed by atoms with Crippen LogP contribution in [0.1, 0.15) is 20.8 Å². The molecule has 0 unspecified atom stereocenters. The van der Waals surface area contributed by atoms with Gasteiger partial charge < -0.3 is 10.6 Å². The third-order valence-corrected chi connectivity index (χ3v) is 3.92. The maximum Gasteiger partial charge on any atom is 0.254 e. The van der Waals surface area contributed by atoms with Crippen LogP contribution in [0.25, 0.3) is 0 Å². The van der Waals surface area contributed by atoms with Crippen molar-refractivity contribution in [1.82, 2.24) is 9.88 Å². The van der Waals surface area contributed by atoms with Gasteiger partial charge in [-0.05, 0) is 18.1 Å². The van der Waals surface area contributed by atoms with Crippen LogP contribution in [0.4, 0.5) is 5.13 Å². The average Bonchev–Trinajstić information content (AvgIpc) is 2.79. The van der Waals surface area contributed by atoms with Crippen LogP contribution in [0.2, 0.25) is 0 Å². The monoisotopic (exact) mass is 259 g/mol.